The van der Waals surface area contributed by atoms with Crippen molar-refractivity contribution in [1.29, 1.82) is 0 Å². The van der Waals surface area contributed by atoms with Crippen LogP contribution in [0.4, 0.5) is 0 Å². The minimum atomic E-state index is -1.17. The summed E-state index contributed by atoms with van der Waals surface area (Å²) >= 11 is 0. The van der Waals surface area contributed by atoms with Gasteiger partial charge in [-0.2, -0.15) is 0 Å². The van der Waals surface area contributed by atoms with Crippen molar-refractivity contribution < 1.29 is 30.2 Å². The summed E-state index contributed by atoms with van der Waals surface area (Å²) in [6.45, 7) is 10.7. The van der Waals surface area contributed by atoms with Gasteiger partial charge < -0.3 is 35.7 Å². The van der Waals surface area contributed by atoms with Gasteiger partial charge in [-0.25, -0.2) is 4.79 Å². The maximum absolute atomic E-state index is 10.9. The molecule has 0 fully saturated rings. The molecule has 1 unspecified atom stereocenters. The van der Waals surface area contributed by atoms with Gasteiger partial charge in [-0.1, -0.05) is 37.4 Å². The Kier molecular flexibility index (Phi) is 23.5. The van der Waals surface area contributed by atoms with Gasteiger partial charge in [0.15, 0.2) is 0 Å². The topological polar surface area (TPSA) is 143 Å². The number of nitrogens with zero attached hydrogens (tertiary/aromatic N) is 1. The minimum Gasteiger partial charge on any atom is -0.507 e. The number of rotatable bonds is 8. The molecule has 9 heteroatoms. The molecule has 0 aliphatic rings. The Morgan fingerprint density at radius 3 is 2.21 bits per heavy atom. The van der Waals surface area contributed by atoms with E-state index in [-0.39, 0.29) is 11.3 Å². The number of carboxylic acid groups (broad SMARTS) is 1. The molecule has 0 saturated heterocycles. The highest BCUT2D eigenvalue weighted by atomic mass is 16.4. The summed E-state index contributed by atoms with van der Waals surface area (Å²) in [5, 5.41) is 44.3. The molecule has 0 saturated carbocycles. The van der Waals surface area contributed by atoms with Crippen LogP contribution in [0.5, 0.6) is 5.75 Å². The number of aromatic hydroxyl groups is 1. The number of hydrogen-bond acceptors (Lipinski definition) is 7. The van der Waals surface area contributed by atoms with Gasteiger partial charge in [0, 0.05) is 20.2 Å². The summed E-state index contributed by atoms with van der Waals surface area (Å²) in [7, 11) is 1.57. The smallest absolute Gasteiger partial charge is 0.448 e. The third-order valence-corrected chi connectivity index (χ3v) is 3.05. The van der Waals surface area contributed by atoms with E-state index in [0.717, 1.165) is 13.5 Å². The molecule has 1 atom stereocenters. The number of aromatic carboxylic acids is 1. The van der Waals surface area contributed by atoms with Crippen LogP contribution in [-0.2, 0) is 6.42 Å². The van der Waals surface area contributed by atoms with Crippen LogP contribution in [0.3, 0.4) is 0 Å². The molecule has 0 amide bonds. The summed E-state index contributed by atoms with van der Waals surface area (Å²) in [5.41, 5.74) is 0.590. The molecule has 0 aliphatic carbocycles. The van der Waals surface area contributed by atoms with E-state index in [2.05, 4.69) is 30.4 Å². The van der Waals surface area contributed by atoms with Crippen LogP contribution in [-0.4, -0.2) is 71.4 Å². The molecule has 1 aromatic rings. The van der Waals surface area contributed by atoms with E-state index in [1.54, 1.807) is 31.3 Å². The third kappa shape index (κ3) is 20.1. The Morgan fingerprint density at radius 1 is 1.28 bits per heavy atom. The minimum absolute atomic E-state index is 0.0522. The van der Waals surface area contributed by atoms with Crippen molar-refractivity contribution in [3.05, 3.63) is 54.6 Å². The summed E-state index contributed by atoms with van der Waals surface area (Å²) in [4.78, 5) is 14.8. The monoisotopic (exact) mass is 410 g/mol. The molecular weight excluding hydrogens is 375 g/mol. The maximum atomic E-state index is 10.9. The fourth-order valence-electron chi connectivity index (χ4n) is 1.77. The highest BCUT2D eigenvalue weighted by molar-refractivity contribution is 6.38. The number of para-hydroxylation sites is 1. The SMILES string of the molecule is C=CC=C.CB(O)O.CN=CCC(C)NCCc1cccc(C(=O)O)c1O.CO. The molecular formula is C20H35BN2O6. The molecule has 29 heavy (non-hydrogen) atoms. The van der Waals surface area contributed by atoms with Crippen LogP contribution < -0.4 is 5.32 Å². The van der Waals surface area contributed by atoms with Crippen LogP contribution in [0, 0.1) is 0 Å². The predicted octanol–water partition coefficient (Wildman–Crippen LogP) is 1.76. The Labute approximate surface area is 174 Å². The first-order valence-corrected chi connectivity index (χ1v) is 8.93. The van der Waals surface area contributed by atoms with Crippen LogP contribution in [0.2, 0.25) is 6.82 Å². The fraction of sp³-hybridized carbons (Fsp3) is 0.400. The van der Waals surface area contributed by atoms with Gasteiger partial charge in [0.1, 0.15) is 11.3 Å². The third-order valence-electron chi connectivity index (χ3n) is 3.05. The van der Waals surface area contributed by atoms with Gasteiger partial charge >= 0.3 is 13.1 Å². The molecule has 1 aromatic carbocycles. The summed E-state index contributed by atoms with van der Waals surface area (Å²) in [6, 6.07) is 5.08. The maximum Gasteiger partial charge on any atom is 0.448 e. The Hall–Kier alpha value is -2.46. The molecule has 6 N–H and O–H groups in total. The summed E-state index contributed by atoms with van der Waals surface area (Å²) in [6.07, 6.45) is 6.55. The molecule has 164 valence electrons. The second-order valence-electron chi connectivity index (χ2n) is 5.50. The van der Waals surface area contributed by atoms with E-state index in [1.807, 2.05) is 6.21 Å². The lowest BCUT2D eigenvalue weighted by Crippen LogP contribution is -2.28. The number of allylic oxidation sites excluding steroid dienone is 2. The summed E-state index contributed by atoms with van der Waals surface area (Å²) in [5.74, 6) is -1.25. The van der Waals surface area contributed by atoms with Crippen molar-refractivity contribution in [3.8, 4) is 5.75 Å². The number of nitrogens with one attached hydrogen (secondary N) is 1. The fourth-order valence-corrected chi connectivity index (χ4v) is 1.77. The second kappa shape index (κ2) is 21.8. The number of carboxylic acids is 1. The zero-order valence-electron chi connectivity index (χ0n) is 17.7. The second-order valence-corrected chi connectivity index (χ2v) is 5.50. The lowest BCUT2D eigenvalue weighted by molar-refractivity contribution is 0.0693. The van der Waals surface area contributed by atoms with E-state index < -0.39 is 13.1 Å². The number of phenols is 1. The van der Waals surface area contributed by atoms with Crippen molar-refractivity contribution in [2.24, 2.45) is 4.99 Å². The van der Waals surface area contributed by atoms with Crippen LogP contribution in [0.25, 0.3) is 0 Å². The van der Waals surface area contributed by atoms with Crippen LogP contribution in [0.1, 0.15) is 29.3 Å². The first-order valence-electron chi connectivity index (χ1n) is 8.93. The van der Waals surface area contributed by atoms with E-state index in [0.29, 0.717) is 24.6 Å². The normalized spacial score (nSPS) is 10.2. The molecule has 0 bridgehead atoms. The quantitative estimate of drug-likeness (QED) is 0.218. The van der Waals surface area contributed by atoms with Gasteiger partial charge in [-0.3, -0.25) is 0 Å². The number of benzene rings is 1. The lowest BCUT2D eigenvalue weighted by atomic mass is 9.99. The number of carbonyl (C=O) groups is 1. The Bertz CT molecular complexity index is 586. The highest BCUT2D eigenvalue weighted by Crippen LogP contribution is 2.22. The van der Waals surface area contributed by atoms with Crippen molar-refractivity contribution in [2.45, 2.75) is 32.6 Å². The predicted molar refractivity (Wildman–Crippen MR) is 120 cm³/mol. The Balaban J connectivity index is -0.000000566. The standard InChI is InChI=1S/C14H20N2O3.C4H6.CH5BO2.CH4O/c1-10(6-8-15-2)16-9-7-11-4-3-5-12(13(11)17)14(18)19;1-3-4-2;1-2(3)4;1-2/h3-5,8,10,16-17H,6-7,9H2,1-2H3,(H,18,19);3-4H,1-2H2;3-4H,1H3;2H,1H3. The lowest BCUT2D eigenvalue weighted by Gasteiger charge is -2.12. The molecule has 8 nitrogen and oxygen atoms in total. The Morgan fingerprint density at radius 2 is 1.79 bits per heavy atom. The molecule has 1 rings (SSSR count). The van der Waals surface area contributed by atoms with E-state index in [4.69, 9.17) is 20.3 Å². The van der Waals surface area contributed by atoms with Gasteiger partial charge in [-0.15, -0.1) is 0 Å². The average Bonchev–Trinajstić information content (AvgIpc) is 2.68. The first kappa shape index (κ1) is 31.2. The largest absolute Gasteiger partial charge is 0.507 e. The molecule has 0 spiro atoms. The van der Waals surface area contributed by atoms with Crippen LogP contribution >= 0.6 is 0 Å². The number of aliphatic hydroxyl groups is 1. The summed E-state index contributed by atoms with van der Waals surface area (Å²) < 4.78 is 0. The molecule has 0 heterocycles. The van der Waals surface area contributed by atoms with Crippen molar-refractivity contribution >= 4 is 19.3 Å². The van der Waals surface area contributed by atoms with Gasteiger partial charge in [0.05, 0.1) is 0 Å². The van der Waals surface area contributed by atoms with Gasteiger partial charge in [0.2, 0.25) is 0 Å². The van der Waals surface area contributed by atoms with Crippen molar-refractivity contribution in [3.63, 3.8) is 0 Å². The van der Waals surface area contributed by atoms with E-state index in [1.165, 1.54) is 12.9 Å². The number of aliphatic imine (C=N–C) groups is 1. The molecule has 0 aliphatic heterocycles. The number of hydrogen-bond donors (Lipinski definition) is 6. The zero-order valence-corrected chi connectivity index (χ0v) is 17.7. The van der Waals surface area contributed by atoms with E-state index >= 15 is 0 Å². The zero-order chi connectivity index (χ0) is 23.2. The number of aliphatic hydroxyl groups excluding tert-OH is 1. The van der Waals surface area contributed by atoms with Crippen molar-refractivity contribution in [2.75, 3.05) is 20.7 Å². The van der Waals surface area contributed by atoms with Crippen LogP contribution in [0.15, 0.2) is 48.5 Å². The first-order chi connectivity index (χ1) is 13.7. The van der Waals surface area contributed by atoms with Crippen molar-refractivity contribution in [1.82, 2.24) is 5.32 Å². The van der Waals surface area contributed by atoms with Gasteiger partial charge in [-0.05, 0) is 51.0 Å². The average molecular weight is 410 g/mol. The highest BCUT2D eigenvalue weighted by Gasteiger charge is 2.12. The van der Waals surface area contributed by atoms with Gasteiger partial charge in [0.25, 0.3) is 0 Å². The molecule has 0 radical (unpaired) electrons. The molecule has 0 aromatic heterocycles. The van der Waals surface area contributed by atoms with E-state index in [9.17, 15) is 9.90 Å².